The summed E-state index contributed by atoms with van der Waals surface area (Å²) in [6, 6.07) is 9.94. The number of carbonyl (C=O) groups excluding carboxylic acids is 2. The molecule has 1 saturated heterocycles. The van der Waals surface area contributed by atoms with Crippen molar-refractivity contribution < 1.29 is 9.59 Å². The van der Waals surface area contributed by atoms with E-state index in [1.54, 1.807) is 14.1 Å². The van der Waals surface area contributed by atoms with Crippen molar-refractivity contribution in [3.05, 3.63) is 36.0 Å². The molecular formula is C19H26N4O2. The number of para-hydroxylation sites is 1. The number of amides is 3. The Labute approximate surface area is 148 Å². The van der Waals surface area contributed by atoms with Gasteiger partial charge in [-0.05, 0) is 31.9 Å². The standard InChI is InChI=1S/C19H26N4O2/c1-4-23-16-10-6-5-8-14(16)12-17(23)18(24)22-11-7-9-15(13-22)20-19(25)21(2)3/h5-6,8,10,12,15H,4,7,9,11,13H2,1-3H3,(H,20,25). The van der Waals surface area contributed by atoms with Crippen LogP contribution in [-0.2, 0) is 6.54 Å². The van der Waals surface area contributed by atoms with Crippen LogP contribution in [0.1, 0.15) is 30.3 Å². The lowest BCUT2D eigenvalue weighted by atomic mass is 10.1. The Morgan fingerprint density at radius 3 is 2.76 bits per heavy atom. The molecule has 3 amide bonds. The molecule has 1 atom stereocenters. The van der Waals surface area contributed by atoms with Crippen LogP contribution in [0, 0.1) is 0 Å². The highest BCUT2D eigenvalue weighted by Crippen LogP contribution is 2.22. The first-order chi connectivity index (χ1) is 12.0. The fourth-order valence-corrected chi connectivity index (χ4v) is 3.47. The minimum Gasteiger partial charge on any atom is -0.337 e. The Balaban J connectivity index is 1.80. The summed E-state index contributed by atoms with van der Waals surface area (Å²) in [4.78, 5) is 28.4. The number of hydrogen-bond donors (Lipinski definition) is 1. The van der Waals surface area contributed by atoms with Crippen LogP contribution in [0.4, 0.5) is 4.79 Å². The lowest BCUT2D eigenvalue weighted by molar-refractivity contribution is 0.0685. The highest BCUT2D eigenvalue weighted by molar-refractivity contribution is 5.98. The average molecular weight is 342 g/mol. The van der Waals surface area contributed by atoms with Crippen molar-refractivity contribution in [3.63, 3.8) is 0 Å². The van der Waals surface area contributed by atoms with Gasteiger partial charge in [0.05, 0.1) is 0 Å². The summed E-state index contributed by atoms with van der Waals surface area (Å²) in [6.07, 6.45) is 1.80. The molecule has 1 aliphatic heterocycles. The predicted molar refractivity (Wildman–Crippen MR) is 98.8 cm³/mol. The topological polar surface area (TPSA) is 57.6 Å². The predicted octanol–water partition coefficient (Wildman–Crippen LogP) is 2.54. The minimum atomic E-state index is -0.109. The van der Waals surface area contributed by atoms with Crippen molar-refractivity contribution >= 4 is 22.8 Å². The Bertz CT molecular complexity index is 781. The zero-order valence-corrected chi connectivity index (χ0v) is 15.2. The third kappa shape index (κ3) is 3.48. The molecule has 1 N–H and O–H groups in total. The lowest BCUT2D eigenvalue weighted by Crippen LogP contribution is -2.51. The molecule has 0 spiro atoms. The van der Waals surface area contributed by atoms with Crippen LogP contribution in [0.5, 0.6) is 0 Å². The summed E-state index contributed by atoms with van der Waals surface area (Å²) in [6.45, 7) is 4.10. The SMILES string of the molecule is CCn1c(C(=O)N2CCCC(NC(=O)N(C)C)C2)cc2ccccc21. The number of piperidine rings is 1. The van der Waals surface area contributed by atoms with Gasteiger partial charge in [0.25, 0.3) is 5.91 Å². The molecule has 1 fully saturated rings. The van der Waals surface area contributed by atoms with Gasteiger partial charge < -0.3 is 19.7 Å². The smallest absolute Gasteiger partial charge is 0.317 e. The van der Waals surface area contributed by atoms with Crippen molar-refractivity contribution in [2.24, 2.45) is 0 Å². The first-order valence-corrected chi connectivity index (χ1v) is 8.86. The highest BCUT2D eigenvalue weighted by atomic mass is 16.2. The number of hydrogen-bond acceptors (Lipinski definition) is 2. The Morgan fingerprint density at radius 2 is 2.04 bits per heavy atom. The van der Waals surface area contributed by atoms with E-state index in [4.69, 9.17) is 0 Å². The number of carbonyl (C=O) groups is 2. The van der Waals surface area contributed by atoms with E-state index < -0.39 is 0 Å². The molecule has 1 unspecified atom stereocenters. The number of aromatic nitrogens is 1. The lowest BCUT2D eigenvalue weighted by Gasteiger charge is -2.33. The van der Waals surface area contributed by atoms with Crippen LogP contribution in [-0.4, -0.2) is 59.5 Å². The number of urea groups is 1. The maximum atomic E-state index is 13.1. The first kappa shape index (κ1) is 17.3. The third-order valence-electron chi connectivity index (χ3n) is 4.79. The fraction of sp³-hybridized carbons (Fsp3) is 0.474. The Hall–Kier alpha value is -2.50. The minimum absolute atomic E-state index is 0.00653. The normalized spacial score (nSPS) is 17.6. The maximum Gasteiger partial charge on any atom is 0.317 e. The Kier molecular flexibility index (Phi) is 4.97. The molecule has 2 heterocycles. The summed E-state index contributed by atoms with van der Waals surface area (Å²) in [5.41, 5.74) is 1.81. The van der Waals surface area contributed by atoms with Crippen LogP contribution in [0.15, 0.2) is 30.3 Å². The van der Waals surface area contributed by atoms with Gasteiger partial charge in [-0.25, -0.2) is 4.79 Å². The van der Waals surface area contributed by atoms with E-state index in [-0.39, 0.29) is 18.0 Å². The van der Waals surface area contributed by atoms with Crippen LogP contribution in [0.25, 0.3) is 10.9 Å². The van der Waals surface area contributed by atoms with E-state index in [2.05, 4.69) is 16.8 Å². The number of rotatable bonds is 3. The molecule has 0 aliphatic carbocycles. The molecular weight excluding hydrogens is 316 g/mol. The van der Waals surface area contributed by atoms with E-state index in [1.807, 2.05) is 35.2 Å². The molecule has 0 bridgehead atoms. The van der Waals surface area contributed by atoms with Gasteiger partial charge in [0.2, 0.25) is 0 Å². The number of benzene rings is 1. The van der Waals surface area contributed by atoms with E-state index >= 15 is 0 Å². The second-order valence-electron chi connectivity index (χ2n) is 6.77. The third-order valence-corrected chi connectivity index (χ3v) is 4.79. The van der Waals surface area contributed by atoms with Crippen molar-refractivity contribution in [2.45, 2.75) is 32.4 Å². The van der Waals surface area contributed by atoms with E-state index in [1.165, 1.54) is 4.90 Å². The zero-order chi connectivity index (χ0) is 18.0. The van der Waals surface area contributed by atoms with Gasteiger partial charge in [-0.2, -0.15) is 0 Å². The number of aryl methyl sites for hydroxylation is 1. The average Bonchev–Trinajstić information content (AvgIpc) is 2.99. The molecule has 1 aromatic carbocycles. The summed E-state index contributed by atoms with van der Waals surface area (Å²) < 4.78 is 2.07. The van der Waals surface area contributed by atoms with Gasteiger partial charge in [0.1, 0.15) is 5.69 Å². The quantitative estimate of drug-likeness (QED) is 0.932. The summed E-state index contributed by atoms with van der Waals surface area (Å²) >= 11 is 0. The van der Waals surface area contributed by atoms with Crippen molar-refractivity contribution in [1.82, 2.24) is 19.7 Å². The maximum absolute atomic E-state index is 13.1. The number of nitrogens with one attached hydrogen (secondary N) is 1. The monoisotopic (exact) mass is 342 g/mol. The van der Waals surface area contributed by atoms with Gasteiger partial charge in [0.15, 0.2) is 0 Å². The second kappa shape index (κ2) is 7.17. The second-order valence-corrected chi connectivity index (χ2v) is 6.77. The van der Waals surface area contributed by atoms with Gasteiger partial charge in [-0.15, -0.1) is 0 Å². The zero-order valence-electron chi connectivity index (χ0n) is 15.2. The first-order valence-electron chi connectivity index (χ1n) is 8.86. The molecule has 1 aliphatic rings. The van der Waals surface area contributed by atoms with Crippen molar-refractivity contribution in [3.8, 4) is 0 Å². The number of nitrogens with zero attached hydrogens (tertiary/aromatic N) is 3. The summed E-state index contributed by atoms with van der Waals surface area (Å²) in [5, 5.41) is 4.08. The Morgan fingerprint density at radius 1 is 1.28 bits per heavy atom. The van der Waals surface area contributed by atoms with E-state index in [9.17, 15) is 9.59 Å². The van der Waals surface area contributed by atoms with Crippen LogP contribution < -0.4 is 5.32 Å². The summed E-state index contributed by atoms with van der Waals surface area (Å²) in [5.74, 6) is 0.0434. The molecule has 0 radical (unpaired) electrons. The number of fused-ring (bicyclic) bond motifs is 1. The molecule has 2 aromatic rings. The molecule has 0 saturated carbocycles. The van der Waals surface area contributed by atoms with Gasteiger partial charge in [-0.3, -0.25) is 4.79 Å². The van der Waals surface area contributed by atoms with E-state index in [0.29, 0.717) is 6.54 Å². The molecule has 3 rings (SSSR count). The van der Waals surface area contributed by atoms with Gasteiger partial charge in [-0.1, -0.05) is 18.2 Å². The highest BCUT2D eigenvalue weighted by Gasteiger charge is 2.27. The largest absolute Gasteiger partial charge is 0.337 e. The summed E-state index contributed by atoms with van der Waals surface area (Å²) in [7, 11) is 3.45. The molecule has 134 valence electrons. The molecule has 1 aromatic heterocycles. The molecule has 6 nitrogen and oxygen atoms in total. The van der Waals surface area contributed by atoms with Crippen molar-refractivity contribution in [1.29, 1.82) is 0 Å². The van der Waals surface area contributed by atoms with Crippen LogP contribution in [0.2, 0.25) is 0 Å². The molecule has 6 heteroatoms. The van der Waals surface area contributed by atoms with Gasteiger partial charge >= 0.3 is 6.03 Å². The van der Waals surface area contributed by atoms with Gasteiger partial charge in [0, 0.05) is 50.7 Å². The fourth-order valence-electron chi connectivity index (χ4n) is 3.47. The van der Waals surface area contributed by atoms with E-state index in [0.717, 1.165) is 42.5 Å². The number of likely N-dealkylation sites (tertiary alicyclic amines) is 1. The van der Waals surface area contributed by atoms with Crippen LogP contribution in [0.3, 0.4) is 0 Å². The molecule has 25 heavy (non-hydrogen) atoms. The van der Waals surface area contributed by atoms with Crippen LogP contribution >= 0.6 is 0 Å². The van der Waals surface area contributed by atoms with Crippen molar-refractivity contribution in [2.75, 3.05) is 27.2 Å².